The first-order chi connectivity index (χ1) is 12.6. The van der Waals surface area contributed by atoms with Gasteiger partial charge in [0.1, 0.15) is 11.4 Å². The smallest absolute Gasteiger partial charge is 0.289 e. The summed E-state index contributed by atoms with van der Waals surface area (Å²) in [5.74, 6) is 0.414. The number of hydrazone groups is 1. The number of aromatic nitrogens is 3. The lowest BCUT2D eigenvalue weighted by molar-refractivity contribution is 0.0950. The number of H-pyrrole nitrogens is 1. The zero-order valence-corrected chi connectivity index (χ0v) is 14.5. The lowest BCUT2D eigenvalue weighted by Gasteiger charge is -2.09. The van der Waals surface area contributed by atoms with Gasteiger partial charge < -0.3 is 4.74 Å². The van der Waals surface area contributed by atoms with Crippen LogP contribution >= 0.6 is 0 Å². The molecule has 1 amide bonds. The molecule has 0 aliphatic heterocycles. The predicted octanol–water partition coefficient (Wildman–Crippen LogP) is 3.02. The van der Waals surface area contributed by atoms with Gasteiger partial charge in [-0.05, 0) is 56.3 Å². The number of carbonyl (C=O) groups is 1. The minimum atomic E-state index is -0.379. The Morgan fingerprint density at radius 3 is 2.73 bits per heavy atom. The number of hydrogen-bond acceptors (Lipinski definition) is 5. The summed E-state index contributed by atoms with van der Waals surface area (Å²) in [7, 11) is 0. The van der Waals surface area contributed by atoms with Gasteiger partial charge in [-0.15, -0.1) is 0 Å². The van der Waals surface area contributed by atoms with Crippen molar-refractivity contribution in [2.75, 3.05) is 0 Å². The molecule has 0 aliphatic rings. The first-order valence-electron chi connectivity index (χ1n) is 8.19. The van der Waals surface area contributed by atoms with Crippen LogP contribution in [0.25, 0.3) is 11.3 Å². The van der Waals surface area contributed by atoms with Crippen molar-refractivity contribution in [3.05, 3.63) is 66.1 Å². The molecule has 0 saturated carbocycles. The summed E-state index contributed by atoms with van der Waals surface area (Å²) < 4.78 is 5.62. The molecule has 2 aromatic heterocycles. The van der Waals surface area contributed by atoms with E-state index < -0.39 is 0 Å². The Labute approximate surface area is 151 Å². The molecule has 0 bridgehead atoms. The van der Waals surface area contributed by atoms with Crippen molar-refractivity contribution in [1.29, 1.82) is 0 Å². The summed E-state index contributed by atoms with van der Waals surface area (Å²) >= 11 is 0. The normalized spacial score (nSPS) is 11.0. The average molecular weight is 349 g/mol. The molecule has 0 unspecified atom stereocenters. The number of hydrogen-bond donors (Lipinski definition) is 2. The van der Waals surface area contributed by atoms with E-state index in [4.69, 9.17) is 4.74 Å². The first-order valence-corrected chi connectivity index (χ1v) is 8.19. The molecule has 0 radical (unpaired) electrons. The molecule has 3 rings (SSSR count). The van der Waals surface area contributed by atoms with Crippen molar-refractivity contribution in [2.45, 2.75) is 20.0 Å². The van der Waals surface area contributed by atoms with Gasteiger partial charge in [0.2, 0.25) is 0 Å². The quantitative estimate of drug-likeness (QED) is 0.528. The van der Waals surface area contributed by atoms with Crippen molar-refractivity contribution in [2.24, 2.45) is 5.10 Å². The van der Waals surface area contributed by atoms with Gasteiger partial charge in [-0.25, -0.2) is 5.43 Å². The third kappa shape index (κ3) is 4.54. The molecule has 0 atom stereocenters. The number of rotatable bonds is 6. The highest BCUT2D eigenvalue weighted by Crippen LogP contribution is 2.21. The zero-order valence-electron chi connectivity index (χ0n) is 14.5. The second-order valence-electron chi connectivity index (χ2n) is 5.81. The third-order valence-corrected chi connectivity index (χ3v) is 3.40. The van der Waals surface area contributed by atoms with Crippen LogP contribution in [-0.4, -0.2) is 33.4 Å². The molecule has 0 spiro atoms. The topological polar surface area (TPSA) is 92.3 Å². The van der Waals surface area contributed by atoms with Crippen LogP contribution < -0.4 is 10.2 Å². The van der Waals surface area contributed by atoms with E-state index in [9.17, 15) is 4.79 Å². The number of carbonyl (C=O) groups excluding carboxylic acids is 1. The van der Waals surface area contributed by atoms with Gasteiger partial charge in [-0.3, -0.25) is 14.9 Å². The van der Waals surface area contributed by atoms with Crippen LogP contribution in [0.2, 0.25) is 0 Å². The van der Waals surface area contributed by atoms with Gasteiger partial charge in [-0.1, -0.05) is 6.07 Å². The van der Waals surface area contributed by atoms with Crippen LogP contribution in [0.5, 0.6) is 5.75 Å². The lowest BCUT2D eigenvalue weighted by Crippen LogP contribution is -2.18. The Hall–Kier alpha value is -3.48. The molecule has 7 nitrogen and oxygen atoms in total. The highest BCUT2D eigenvalue weighted by Gasteiger charge is 2.10. The molecule has 2 N–H and O–H groups in total. The molecule has 0 fully saturated rings. The maximum atomic E-state index is 12.1. The van der Waals surface area contributed by atoms with Crippen LogP contribution in [0, 0.1) is 0 Å². The minimum absolute atomic E-state index is 0.119. The summed E-state index contributed by atoms with van der Waals surface area (Å²) in [6.45, 7) is 3.95. The van der Waals surface area contributed by atoms with Gasteiger partial charge in [0.15, 0.2) is 0 Å². The van der Waals surface area contributed by atoms with E-state index in [0.717, 1.165) is 11.3 Å². The Balaban J connectivity index is 1.63. The number of aromatic amines is 1. The highest BCUT2D eigenvalue weighted by molar-refractivity contribution is 5.94. The fraction of sp³-hybridized carbons (Fsp3) is 0.158. The molecule has 1 aromatic carbocycles. The van der Waals surface area contributed by atoms with Crippen molar-refractivity contribution in [3.63, 3.8) is 0 Å². The first kappa shape index (κ1) is 17.3. The van der Waals surface area contributed by atoms with E-state index in [2.05, 4.69) is 25.7 Å². The van der Waals surface area contributed by atoms with Crippen LogP contribution in [0.1, 0.15) is 30.0 Å². The van der Waals surface area contributed by atoms with Crippen LogP contribution in [0.4, 0.5) is 0 Å². The van der Waals surface area contributed by atoms with Crippen molar-refractivity contribution in [1.82, 2.24) is 20.6 Å². The van der Waals surface area contributed by atoms with E-state index in [0.29, 0.717) is 17.1 Å². The van der Waals surface area contributed by atoms with Gasteiger partial charge in [0, 0.05) is 11.8 Å². The summed E-state index contributed by atoms with van der Waals surface area (Å²) in [4.78, 5) is 16.2. The maximum Gasteiger partial charge on any atom is 0.289 e. The molecule has 3 aromatic rings. The Kier molecular flexibility index (Phi) is 5.38. The SMILES string of the molecule is CC(C)Oc1ccc(-c2cc(C(=O)N/N=C\c3ccccn3)[nH]n2)cc1. The van der Waals surface area contributed by atoms with E-state index in [1.807, 2.05) is 50.2 Å². The molecule has 26 heavy (non-hydrogen) atoms. The minimum Gasteiger partial charge on any atom is -0.491 e. The molecule has 0 saturated heterocycles. The third-order valence-electron chi connectivity index (χ3n) is 3.40. The van der Waals surface area contributed by atoms with Crippen LogP contribution in [0.15, 0.2) is 59.8 Å². The highest BCUT2D eigenvalue weighted by atomic mass is 16.5. The number of pyridine rings is 1. The lowest BCUT2D eigenvalue weighted by atomic mass is 10.1. The van der Waals surface area contributed by atoms with Gasteiger partial charge in [0.25, 0.3) is 5.91 Å². The molecule has 132 valence electrons. The van der Waals surface area contributed by atoms with Crippen molar-refractivity contribution >= 4 is 12.1 Å². The number of nitrogens with zero attached hydrogens (tertiary/aromatic N) is 3. The Morgan fingerprint density at radius 1 is 1.23 bits per heavy atom. The number of nitrogens with one attached hydrogen (secondary N) is 2. The second-order valence-corrected chi connectivity index (χ2v) is 5.81. The summed E-state index contributed by atoms with van der Waals surface area (Å²) in [5, 5.41) is 10.8. The average Bonchev–Trinajstić information content (AvgIpc) is 3.13. The molecule has 7 heteroatoms. The van der Waals surface area contributed by atoms with Crippen LogP contribution in [-0.2, 0) is 0 Å². The number of ether oxygens (including phenoxy) is 1. The number of benzene rings is 1. The van der Waals surface area contributed by atoms with Crippen LogP contribution in [0.3, 0.4) is 0 Å². The molecular formula is C19H19N5O2. The second kappa shape index (κ2) is 8.06. The Bertz CT molecular complexity index is 886. The van der Waals surface area contributed by atoms with Gasteiger partial charge in [0.05, 0.1) is 23.7 Å². The largest absolute Gasteiger partial charge is 0.491 e. The standard InChI is InChI=1S/C19H19N5O2/c1-13(2)26-16-8-6-14(7-9-16)17-11-18(23-22-17)19(25)24-21-12-15-5-3-4-10-20-15/h3-13H,1-2H3,(H,22,23)(H,24,25)/b21-12-. The van der Waals surface area contributed by atoms with E-state index in [1.165, 1.54) is 6.21 Å². The zero-order chi connectivity index (χ0) is 18.4. The van der Waals surface area contributed by atoms with Gasteiger partial charge in [-0.2, -0.15) is 10.2 Å². The monoisotopic (exact) mass is 349 g/mol. The summed E-state index contributed by atoms with van der Waals surface area (Å²) in [6.07, 6.45) is 3.25. The van der Waals surface area contributed by atoms with E-state index >= 15 is 0 Å². The van der Waals surface area contributed by atoms with Crippen molar-refractivity contribution < 1.29 is 9.53 Å². The Morgan fingerprint density at radius 2 is 2.04 bits per heavy atom. The fourth-order valence-corrected chi connectivity index (χ4v) is 2.23. The van der Waals surface area contributed by atoms with Crippen molar-refractivity contribution in [3.8, 4) is 17.0 Å². The van der Waals surface area contributed by atoms with Gasteiger partial charge >= 0.3 is 0 Å². The predicted molar refractivity (Wildman–Crippen MR) is 99.1 cm³/mol. The summed E-state index contributed by atoms with van der Waals surface area (Å²) in [5.41, 5.74) is 4.97. The summed E-state index contributed by atoms with van der Waals surface area (Å²) in [6, 6.07) is 14.7. The maximum absolute atomic E-state index is 12.1. The molecular weight excluding hydrogens is 330 g/mol. The van der Waals surface area contributed by atoms with E-state index in [1.54, 1.807) is 18.3 Å². The molecule has 2 heterocycles. The number of amides is 1. The van der Waals surface area contributed by atoms with E-state index in [-0.39, 0.29) is 12.0 Å². The molecule has 0 aliphatic carbocycles. The fourth-order valence-electron chi connectivity index (χ4n) is 2.23.